The number of carbonyl (C=O) groups is 1. The average molecular weight is 273 g/mol. The standard InChI is InChI=1S/C15H15NO4/c1-3-7-16-14(17)12-8-10-5-6-11(19-4-2)9-13(10)20-15(12)18/h3,5-6,8-9H,1,4,7H2,2H3,(H,16,17). The van der Waals surface area contributed by atoms with Crippen LogP contribution in [0.15, 0.2) is 46.1 Å². The summed E-state index contributed by atoms with van der Waals surface area (Å²) in [5.74, 6) is 0.140. The smallest absolute Gasteiger partial charge is 0.349 e. The zero-order valence-electron chi connectivity index (χ0n) is 11.1. The number of hydrogen-bond donors (Lipinski definition) is 1. The predicted octanol–water partition coefficient (Wildman–Crippen LogP) is 2.11. The lowest BCUT2D eigenvalue weighted by Crippen LogP contribution is -2.28. The monoisotopic (exact) mass is 273 g/mol. The van der Waals surface area contributed by atoms with E-state index in [-0.39, 0.29) is 5.56 Å². The maximum absolute atomic E-state index is 11.8. The van der Waals surface area contributed by atoms with Crippen LogP contribution in [0, 0.1) is 0 Å². The van der Waals surface area contributed by atoms with Gasteiger partial charge >= 0.3 is 5.63 Å². The summed E-state index contributed by atoms with van der Waals surface area (Å²) in [5, 5.41) is 3.21. The number of hydrogen-bond acceptors (Lipinski definition) is 4. The molecule has 0 unspecified atom stereocenters. The quantitative estimate of drug-likeness (QED) is 0.669. The van der Waals surface area contributed by atoms with Gasteiger partial charge in [-0.3, -0.25) is 4.79 Å². The topological polar surface area (TPSA) is 68.5 Å². The van der Waals surface area contributed by atoms with Crippen LogP contribution in [-0.2, 0) is 0 Å². The average Bonchev–Trinajstić information content (AvgIpc) is 2.44. The van der Waals surface area contributed by atoms with Crippen molar-refractivity contribution in [1.82, 2.24) is 5.32 Å². The van der Waals surface area contributed by atoms with Gasteiger partial charge in [0, 0.05) is 18.0 Å². The van der Waals surface area contributed by atoms with E-state index in [1.165, 1.54) is 12.1 Å². The molecule has 0 saturated carbocycles. The maximum atomic E-state index is 11.8. The van der Waals surface area contributed by atoms with E-state index in [4.69, 9.17) is 9.15 Å². The molecule has 0 spiro atoms. The first-order valence-corrected chi connectivity index (χ1v) is 6.25. The lowest BCUT2D eigenvalue weighted by Gasteiger charge is -2.05. The van der Waals surface area contributed by atoms with Crippen molar-refractivity contribution in [3.8, 4) is 5.75 Å². The number of nitrogens with one attached hydrogen (secondary N) is 1. The molecule has 1 amide bonds. The van der Waals surface area contributed by atoms with Crippen LogP contribution in [-0.4, -0.2) is 19.1 Å². The van der Waals surface area contributed by atoms with Gasteiger partial charge in [-0.25, -0.2) is 4.79 Å². The summed E-state index contributed by atoms with van der Waals surface area (Å²) in [7, 11) is 0. The maximum Gasteiger partial charge on any atom is 0.349 e. The zero-order valence-corrected chi connectivity index (χ0v) is 11.1. The highest BCUT2D eigenvalue weighted by Crippen LogP contribution is 2.20. The zero-order chi connectivity index (χ0) is 14.5. The first-order valence-electron chi connectivity index (χ1n) is 6.25. The van der Waals surface area contributed by atoms with E-state index < -0.39 is 11.5 Å². The molecule has 2 aromatic rings. The van der Waals surface area contributed by atoms with Gasteiger partial charge in [-0.05, 0) is 25.1 Å². The Balaban J connectivity index is 2.42. The van der Waals surface area contributed by atoms with Gasteiger partial charge in [-0.2, -0.15) is 0 Å². The summed E-state index contributed by atoms with van der Waals surface area (Å²) in [6.07, 6.45) is 1.54. The summed E-state index contributed by atoms with van der Waals surface area (Å²) >= 11 is 0. The molecular formula is C15H15NO4. The fourth-order valence-electron chi connectivity index (χ4n) is 1.77. The van der Waals surface area contributed by atoms with Crippen LogP contribution in [0.25, 0.3) is 11.0 Å². The Labute approximate surface area is 115 Å². The van der Waals surface area contributed by atoms with E-state index in [2.05, 4.69) is 11.9 Å². The van der Waals surface area contributed by atoms with Gasteiger partial charge in [0.15, 0.2) is 0 Å². The Morgan fingerprint density at radius 2 is 2.25 bits per heavy atom. The molecule has 1 N–H and O–H groups in total. The Kier molecular flexibility index (Phi) is 4.20. The molecule has 0 aliphatic rings. The Morgan fingerprint density at radius 3 is 2.95 bits per heavy atom. The molecule has 0 atom stereocenters. The second kappa shape index (κ2) is 6.06. The molecule has 0 aliphatic carbocycles. The first-order chi connectivity index (χ1) is 9.65. The van der Waals surface area contributed by atoms with Gasteiger partial charge in [0.1, 0.15) is 16.9 Å². The van der Waals surface area contributed by atoms with Crippen molar-refractivity contribution >= 4 is 16.9 Å². The fraction of sp³-hybridized carbons (Fsp3) is 0.200. The number of fused-ring (bicyclic) bond motifs is 1. The second-order valence-corrected chi connectivity index (χ2v) is 4.08. The van der Waals surface area contributed by atoms with Gasteiger partial charge in [0.25, 0.3) is 5.91 Å². The van der Waals surface area contributed by atoms with E-state index in [1.807, 2.05) is 6.92 Å². The normalized spacial score (nSPS) is 10.2. The highest BCUT2D eigenvalue weighted by Gasteiger charge is 2.13. The van der Waals surface area contributed by atoms with E-state index in [9.17, 15) is 9.59 Å². The van der Waals surface area contributed by atoms with Crippen LogP contribution in [0.5, 0.6) is 5.75 Å². The van der Waals surface area contributed by atoms with Crippen molar-refractivity contribution in [2.75, 3.05) is 13.2 Å². The van der Waals surface area contributed by atoms with E-state index >= 15 is 0 Å². The predicted molar refractivity (Wildman–Crippen MR) is 76.2 cm³/mol. The van der Waals surface area contributed by atoms with Gasteiger partial charge in [-0.1, -0.05) is 6.08 Å². The molecular weight excluding hydrogens is 258 g/mol. The molecule has 0 saturated heterocycles. The molecule has 1 aromatic carbocycles. The van der Waals surface area contributed by atoms with Crippen molar-refractivity contribution in [2.24, 2.45) is 0 Å². The van der Waals surface area contributed by atoms with Crippen molar-refractivity contribution in [2.45, 2.75) is 6.92 Å². The van der Waals surface area contributed by atoms with Gasteiger partial charge in [0.2, 0.25) is 0 Å². The number of benzene rings is 1. The molecule has 20 heavy (non-hydrogen) atoms. The molecule has 0 aliphatic heterocycles. The van der Waals surface area contributed by atoms with Gasteiger partial charge in [0.05, 0.1) is 6.61 Å². The second-order valence-electron chi connectivity index (χ2n) is 4.08. The van der Waals surface area contributed by atoms with E-state index in [0.717, 1.165) is 0 Å². The van der Waals surface area contributed by atoms with Gasteiger partial charge < -0.3 is 14.5 Å². The summed E-state index contributed by atoms with van der Waals surface area (Å²) in [6, 6.07) is 6.64. The molecule has 5 nitrogen and oxygen atoms in total. The lowest BCUT2D eigenvalue weighted by molar-refractivity contribution is 0.0954. The molecule has 1 aromatic heterocycles. The highest BCUT2D eigenvalue weighted by molar-refractivity contribution is 5.96. The Hall–Kier alpha value is -2.56. The van der Waals surface area contributed by atoms with E-state index in [1.54, 1.807) is 18.2 Å². The highest BCUT2D eigenvalue weighted by atomic mass is 16.5. The molecule has 104 valence electrons. The largest absolute Gasteiger partial charge is 0.494 e. The minimum atomic E-state index is -0.673. The molecule has 1 heterocycles. The fourth-order valence-corrected chi connectivity index (χ4v) is 1.77. The van der Waals surface area contributed by atoms with Crippen LogP contribution >= 0.6 is 0 Å². The Bertz CT molecular complexity index is 703. The number of carbonyl (C=O) groups excluding carboxylic acids is 1. The van der Waals surface area contributed by atoms with Crippen molar-refractivity contribution in [3.05, 3.63) is 52.9 Å². The third-order valence-corrected chi connectivity index (χ3v) is 2.67. The van der Waals surface area contributed by atoms with Crippen molar-refractivity contribution in [1.29, 1.82) is 0 Å². The molecule has 2 rings (SSSR count). The van der Waals surface area contributed by atoms with Crippen LogP contribution in [0.3, 0.4) is 0 Å². The van der Waals surface area contributed by atoms with Crippen LogP contribution < -0.4 is 15.7 Å². The van der Waals surface area contributed by atoms with Crippen LogP contribution in [0.1, 0.15) is 17.3 Å². The van der Waals surface area contributed by atoms with Crippen molar-refractivity contribution in [3.63, 3.8) is 0 Å². The minimum absolute atomic E-state index is 0.0245. The Morgan fingerprint density at radius 1 is 1.45 bits per heavy atom. The summed E-state index contributed by atoms with van der Waals surface area (Å²) in [6.45, 7) is 6.18. The summed E-state index contributed by atoms with van der Waals surface area (Å²) in [5.41, 5.74) is -0.308. The third kappa shape index (κ3) is 2.88. The number of rotatable bonds is 5. The number of amides is 1. The van der Waals surface area contributed by atoms with Crippen LogP contribution in [0.2, 0.25) is 0 Å². The van der Waals surface area contributed by atoms with Gasteiger partial charge in [-0.15, -0.1) is 6.58 Å². The van der Waals surface area contributed by atoms with Crippen LogP contribution in [0.4, 0.5) is 0 Å². The first kappa shape index (κ1) is 13.9. The van der Waals surface area contributed by atoms with E-state index in [0.29, 0.717) is 29.9 Å². The molecule has 0 bridgehead atoms. The van der Waals surface area contributed by atoms with Crippen molar-refractivity contribution < 1.29 is 13.9 Å². The summed E-state index contributed by atoms with van der Waals surface area (Å²) < 4.78 is 10.5. The lowest BCUT2D eigenvalue weighted by atomic mass is 10.1. The summed E-state index contributed by atoms with van der Waals surface area (Å²) in [4.78, 5) is 23.6. The molecule has 0 radical (unpaired) electrons. The SMILES string of the molecule is C=CCNC(=O)c1cc2ccc(OCC)cc2oc1=O. The third-order valence-electron chi connectivity index (χ3n) is 2.67. The number of ether oxygens (including phenoxy) is 1. The molecule has 0 fully saturated rings. The minimum Gasteiger partial charge on any atom is -0.494 e. The molecule has 5 heteroatoms.